The molecule has 1 amide bonds. The topological polar surface area (TPSA) is 86.1 Å². The van der Waals surface area contributed by atoms with Crippen LogP contribution < -0.4 is 5.32 Å². The summed E-state index contributed by atoms with van der Waals surface area (Å²) < 4.78 is 7.11. The van der Waals surface area contributed by atoms with Gasteiger partial charge in [0, 0.05) is 23.5 Å². The number of carbonyl (C=O) groups excluding carboxylic acids is 2. The van der Waals surface area contributed by atoms with E-state index in [1.54, 1.807) is 18.2 Å². The fraction of sp³-hybridized carbons (Fsp3) is 0.250. The number of anilines is 1. The van der Waals surface area contributed by atoms with E-state index in [2.05, 4.69) is 39.7 Å². The minimum absolute atomic E-state index is 0.160. The number of benzene rings is 1. The van der Waals surface area contributed by atoms with Crippen LogP contribution in [0, 0.1) is 20.8 Å². The van der Waals surface area contributed by atoms with Crippen molar-refractivity contribution in [2.24, 2.45) is 0 Å². The maximum absolute atomic E-state index is 12.3. The van der Waals surface area contributed by atoms with Gasteiger partial charge in [0.1, 0.15) is 0 Å². The highest BCUT2D eigenvalue weighted by Gasteiger charge is 2.18. The van der Waals surface area contributed by atoms with E-state index >= 15 is 0 Å². The molecule has 0 aliphatic carbocycles. The number of nitrogens with zero attached hydrogens (tertiary/aromatic N) is 3. The normalized spacial score (nSPS) is 12.0. The molecule has 0 bridgehead atoms. The third-order valence-electron chi connectivity index (χ3n) is 4.96. The molecule has 0 radical (unpaired) electrons. The van der Waals surface area contributed by atoms with Gasteiger partial charge in [0.2, 0.25) is 0 Å². The summed E-state index contributed by atoms with van der Waals surface area (Å²) in [5, 5.41) is 7.33. The minimum atomic E-state index is -1.00. The van der Waals surface area contributed by atoms with Gasteiger partial charge in [-0.2, -0.15) is 5.10 Å². The first kappa shape index (κ1) is 23.2. The summed E-state index contributed by atoms with van der Waals surface area (Å²) in [7, 11) is 0. The van der Waals surface area contributed by atoms with Gasteiger partial charge >= 0.3 is 5.97 Å². The van der Waals surface area contributed by atoms with Crippen LogP contribution in [0.3, 0.4) is 0 Å². The summed E-state index contributed by atoms with van der Waals surface area (Å²) in [4.78, 5) is 28.4. The number of pyridine rings is 1. The van der Waals surface area contributed by atoms with Crippen molar-refractivity contribution in [1.82, 2.24) is 14.8 Å². The second-order valence-corrected chi connectivity index (χ2v) is 7.83. The van der Waals surface area contributed by atoms with Crippen LogP contribution in [-0.2, 0) is 20.9 Å². The molecule has 3 aromatic rings. The van der Waals surface area contributed by atoms with Crippen LogP contribution in [0.4, 0.5) is 5.69 Å². The van der Waals surface area contributed by atoms with Crippen molar-refractivity contribution in [2.75, 3.05) is 5.32 Å². The number of halogens is 1. The summed E-state index contributed by atoms with van der Waals surface area (Å²) in [6.07, 6.45) is 3.47. The molecule has 1 atom stereocenters. The molecule has 1 unspecified atom stereocenters. The third kappa shape index (κ3) is 5.82. The third-order valence-corrected chi connectivity index (χ3v) is 5.26. The Labute approximate surface area is 192 Å². The van der Waals surface area contributed by atoms with Crippen molar-refractivity contribution in [3.05, 3.63) is 81.9 Å². The lowest BCUT2D eigenvalue weighted by Gasteiger charge is -2.12. The van der Waals surface area contributed by atoms with E-state index in [1.165, 1.54) is 24.8 Å². The van der Waals surface area contributed by atoms with Gasteiger partial charge in [0.15, 0.2) is 11.3 Å². The standard InChI is InChI=1S/C24H25ClN4O3/c1-15-7-9-19(10-8-15)14-29-17(3)20(16(2)28-29)11-12-22(30)32-18(4)24(31)27-21-6-5-13-26-23(21)25/h5-13,18H,14H2,1-4H3,(H,27,31)/b12-11+. The smallest absolute Gasteiger partial charge is 0.331 e. The number of carbonyl (C=O) groups is 2. The Balaban J connectivity index is 1.62. The zero-order valence-electron chi connectivity index (χ0n) is 18.4. The molecule has 166 valence electrons. The van der Waals surface area contributed by atoms with Crippen LogP contribution in [0.15, 0.2) is 48.7 Å². The number of rotatable bonds is 7. The predicted molar refractivity (Wildman–Crippen MR) is 124 cm³/mol. The number of esters is 1. The Kier molecular flexibility index (Phi) is 7.43. The number of aromatic nitrogens is 3. The van der Waals surface area contributed by atoms with E-state index in [1.807, 2.05) is 25.5 Å². The van der Waals surface area contributed by atoms with E-state index in [-0.39, 0.29) is 5.15 Å². The number of amides is 1. The van der Waals surface area contributed by atoms with Gasteiger partial charge in [0.25, 0.3) is 5.91 Å². The Bertz CT molecular complexity index is 1150. The lowest BCUT2D eigenvalue weighted by molar-refractivity contribution is -0.148. The van der Waals surface area contributed by atoms with Crippen LogP contribution in [0.1, 0.15) is 35.0 Å². The monoisotopic (exact) mass is 452 g/mol. The first-order valence-electron chi connectivity index (χ1n) is 10.1. The quantitative estimate of drug-likeness (QED) is 0.324. The average Bonchev–Trinajstić information content (AvgIpc) is 3.02. The Morgan fingerprint density at radius 3 is 2.59 bits per heavy atom. The number of ether oxygens (including phenoxy) is 1. The van der Waals surface area contributed by atoms with Crippen LogP contribution in [0.2, 0.25) is 5.15 Å². The second kappa shape index (κ2) is 10.2. The zero-order valence-corrected chi connectivity index (χ0v) is 19.2. The number of nitrogens with one attached hydrogen (secondary N) is 1. The van der Waals surface area contributed by atoms with E-state index in [4.69, 9.17) is 16.3 Å². The van der Waals surface area contributed by atoms with E-state index in [9.17, 15) is 9.59 Å². The molecule has 0 saturated carbocycles. The first-order chi connectivity index (χ1) is 15.2. The largest absolute Gasteiger partial charge is 0.449 e. The molecule has 7 nitrogen and oxygen atoms in total. The van der Waals surface area contributed by atoms with Crippen molar-refractivity contribution in [1.29, 1.82) is 0 Å². The molecule has 0 aliphatic heterocycles. The molecule has 0 saturated heterocycles. The number of hydrogen-bond donors (Lipinski definition) is 1. The molecule has 32 heavy (non-hydrogen) atoms. The maximum Gasteiger partial charge on any atom is 0.331 e. The van der Waals surface area contributed by atoms with Gasteiger partial charge in [-0.15, -0.1) is 0 Å². The van der Waals surface area contributed by atoms with Crippen molar-refractivity contribution in [3.63, 3.8) is 0 Å². The summed E-state index contributed by atoms with van der Waals surface area (Å²) in [6.45, 7) is 8.01. The van der Waals surface area contributed by atoms with Crippen molar-refractivity contribution in [2.45, 2.75) is 40.3 Å². The van der Waals surface area contributed by atoms with Gasteiger partial charge in [-0.1, -0.05) is 41.4 Å². The SMILES string of the molecule is Cc1ccc(Cn2nc(C)c(/C=C/C(=O)OC(C)C(=O)Nc3cccnc3Cl)c2C)cc1. The second-order valence-electron chi connectivity index (χ2n) is 7.47. The highest BCUT2D eigenvalue weighted by molar-refractivity contribution is 6.32. The average molecular weight is 453 g/mol. The molecule has 1 aromatic carbocycles. The molecule has 2 aromatic heterocycles. The summed E-state index contributed by atoms with van der Waals surface area (Å²) in [6, 6.07) is 11.5. The van der Waals surface area contributed by atoms with Gasteiger partial charge in [-0.05, 0) is 51.5 Å². The fourth-order valence-electron chi connectivity index (χ4n) is 3.10. The van der Waals surface area contributed by atoms with Crippen molar-refractivity contribution < 1.29 is 14.3 Å². The molecule has 3 rings (SSSR count). The maximum atomic E-state index is 12.3. The molecule has 1 N–H and O–H groups in total. The molecule has 2 heterocycles. The minimum Gasteiger partial charge on any atom is -0.449 e. The summed E-state index contributed by atoms with van der Waals surface area (Å²) >= 11 is 5.93. The molecule has 0 spiro atoms. The van der Waals surface area contributed by atoms with Crippen molar-refractivity contribution in [3.8, 4) is 0 Å². The molecule has 0 aliphatic rings. The van der Waals surface area contributed by atoms with E-state index in [0.717, 1.165) is 22.5 Å². The molecule has 0 fully saturated rings. The summed E-state index contributed by atoms with van der Waals surface area (Å²) in [5.41, 5.74) is 5.28. The number of aryl methyl sites for hydroxylation is 2. The first-order valence-corrected chi connectivity index (χ1v) is 10.5. The van der Waals surface area contributed by atoms with Gasteiger partial charge < -0.3 is 10.1 Å². The van der Waals surface area contributed by atoms with Gasteiger partial charge in [-0.25, -0.2) is 9.78 Å². The van der Waals surface area contributed by atoms with Crippen LogP contribution in [-0.4, -0.2) is 32.7 Å². The Hall–Kier alpha value is -3.45. The highest BCUT2D eigenvalue weighted by atomic mass is 35.5. The Morgan fingerprint density at radius 1 is 1.19 bits per heavy atom. The van der Waals surface area contributed by atoms with Crippen LogP contribution in [0.5, 0.6) is 0 Å². The van der Waals surface area contributed by atoms with Gasteiger partial charge in [0.05, 0.1) is 17.9 Å². The zero-order chi connectivity index (χ0) is 23.3. The molecular formula is C24H25ClN4O3. The van der Waals surface area contributed by atoms with Crippen LogP contribution >= 0.6 is 11.6 Å². The number of hydrogen-bond acceptors (Lipinski definition) is 5. The summed E-state index contributed by atoms with van der Waals surface area (Å²) in [5.74, 6) is -1.13. The van der Waals surface area contributed by atoms with Gasteiger partial charge in [-0.3, -0.25) is 9.48 Å². The lowest BCUT2D eigenvalue weighted by Crippen LogP contribution is -2.29. The van der Waals surface area contributed by atoms with E-state index in [0.29, 0.717) is 12.2 Å². The predicted octanol–water partition coefficient (Wildman–Crippen LogP) is 4.49. The molecular weight excluding hydrogens is 428 g/mol. The lowest BCUT2D eigenvalue weighted by atomic mass is 10.1. The Morgan fingerprint density at radius 2 is 1.91 bits per heavy atom. The van der Waals surface area contributed by atoms with E-state index < -0.39 is 18.0 Å². The van der Waals surface area contributed by atoms with Crippen LogP contribution in [0.25, 0.3) is 6.08 Å². The van der Waals surface area contributed by atoms with Crippen molar-refractivity contribution >= 4 is 35.2 Å². The highest BCUT2D eigenvalue weighted by Crippen LogP contribution is 2.19. The molecule has 8 heteroatoms. The fourth-order valence-corrected chi connectivity index (χ4v) is 3.27.